The Kier molecular flexibility index (Phi) is 10.8. The van der Waals surface area contributed by atoms with Crippen LogP contribution in [-0.2, 0) is 11.3 Å². The van der Waals surface area contributed by atoms with Gasteiger partial charge >= 0.3 is 0 Å². The van der Waals surface area contributed by atoms with Crippen molar-refractivity contribution in [1.82, 2.24) is 10.6 Å². The van der Waals surface area contributed by atoms with Gasteiger partial charge in [-0.15, -0.1) is 24.0 Å². The number of nitrogens with zero attached hydrogens (tertiary/aromatic N) is 1. The summed E-state index contributed by atoms with van der Waals surface area (Å²) in [6.07, 6.45) is 0. The summed E-state index contributed by atoms with van der Waals surface area (Å²) >= 11 is 3.46. The van der Waals surface area contributed by atoms with Crippen LogP contribution in [0.3, 0.4) is 0 Å². The molecule has 1 unspecified atom stereocenters. The van der Waals surface area contributed by atoms with Gasteiger partial charge < -0.3 is 20.1 Å². The minimum atomic E-state index is 0. The molecule has 120 valence electrons. The van der Waals surface area contributed by atoms with Crippen LogP contribution < -0.4 is 15.4 Å². The summed E-state index contributed by atoms with van der Waals surface area (Å²) in [5, 5.41) is 6.51. The van der Waals surface area contributed by atoms with Crippen molar-refractivity contribution in [2.45, 2.75) is 19.5 Å². The Bertz CT molecular complexity index is 458. The van der Waals surface area contributed by atoms with Crippen molar-refractivity contribution in [1.29, 1.82) is 0 Å². The maximum absolute atomic E-state index is 5.34. The summed E-state index contributed by atoms with van der Waals surface area (Å²) in [5.74, 6) is 1.58. The summed E-state index contributed by atoms with van der Waals surface area (Å²) in [7, 11) is 5.09. The number of rotatable bonds is 6. The zero-order valence-corrected chi connectivity index (χ0v) is 16.7. The molecule has 1 atom stereocenters. The standard InChI is InChI=1S/C14H22BrN3O2.HI/c1-10(9-19-3)18-14(16-2)17-8-11-7-12(15)5-6-13(11)20-4;/h5-7,10H,8-9H2,1-4H3,(H2,16,17,18);1H. The van der Waals surface area contributed by atoms with Crippen LogP contribution in [0.1, 0.15) is 12.5 Å². The maximum Gasteiger partial charge on any atom is 0.191 e. The molecule has 0 spiro atoms. The summed E-state index contributed by atoms with van der Waals surface area (Å²) in [6.45, 7) is 3.29. The summed E-state index contributed by atoms with van der Waals surface area (Å²) in [4.78, 5) is 4.19. The number of ether oxygens (including phenoxy) is 2. The molecule has 0 bridgehead atoms. The van der Waals surface area contributed by atoms with E-state index in [4.69, 9.17) is 9.47 Å². The highest BCUT2D eigenvalue weighted by molar-refractivity contribution is 14.0. The van der Waals surface area contributed by atoms with Gasteiger partial charge in [-0.05, 0) is 25.1 Å². The quantitative estimate of drug-likeness (QED) is 0.380. The highest BCUT2D eigenvalue weighted by atomic mass is 127. The molecule has 0 saturated heterocycles. The van der Waals surface area contributed by atoms with Crippen molar-refractivity contribution in [3.05, 3.63) is 28.2 Å². The fourth-order valence-corrected chi connectivity index (χ4v) is 2.19. The second-order valence-corrected chi connectivity index (χ2v) is 5.30. The number of benzene rings is 1. The molecule has 21 heavy (non-hydrogen) atoms. The number of aliphatic imine (C=N–C) groups is 1. The Morgan fingerprint density at radius 2 is 2.10 bits per heavy atom. The van der Waals surface area contributed by atoms with E-state index in [2.05, 4.69) is 31.6 Å². The van der Waals surface area contributed by atoms with E-state index < -0.39 is 0 Å². The van der Waals surface area contributed by atoms with Crippen molar-refractivity contribution in [2.75, 3.05) is 27.9 Å². The van der Waals surface area contributed by atoms with E-state index in [0.717, 1.165) is 21.7 Å². The van der Waals surface area contributed by atoms with Crippen LogP contribution in [0.15, 0.2) is 27.7 Å². The predicted molar refractivity (Wildman–Crippen MR) is 101 cm³/mol. The van der Waals surface area contributed by atoms with Gasteiger partial charge in [0.2, 0.25) is 0 Å². The zero-order valence-electron chi connectivity index (χ0n) is 12.8. The molecule has 1 aromatic carbocycles. The van der Waals surface area contributed by atoms with Crippen molar-refractivity contribution in [3.8, 4) is 5.75 Å². The number of guanidine groups is 1. The molecule has 0 radical (unpaired) electrons. The molecular weight excluding hydrogens is 449 g/mol. The molecule has 1 aromatic rings. The van der Waals surface area contributed by atoms with Crippen molar-refractivity contribution < 1.29 is 9.47 Å². The average Bonchev–Trinajstić information content (AvgIpc) is 2.43. The van der Waals surface area contributed by atoms with Crippen LogP contribution in [0.4, 0.5) is 0 Å². The van der Waals surface area contributed by atoms with E-state index in [9.17, 15) is 0 Å². The van der Waals surface area contributed by atoms with Crippen molar-refractivity contribution >= 4 is 45.9 Å². The Labute approximate surface area is 152 Å². The van der Waals surface area contributed by atoms with E-state index in [0.29, 0.717) is 13.2 Å². The molecule has 0 aliphatic rings. The lowest BCUT2D eigenvalue weighted by molar-refractivity contribution is 0.179. The molecule has 0 aliphatic carbocycles. The van der Waals surface area contributed by atoms with Gasteiger partial charge in [0.1, 0.15) is 5.75 Å². The van der Waals surface area contributed by atoms with Crippen LogP contribution >= 0.6 is 39.9 Å². The lowest BCUT2D eigenvalue weighted by Gasteiger charge is -2.18. The maximum atomic E-state index is 5.34. The fourth-order valence-electron chi connectivity index (χ4n) is 1.78. The van der Waals surface area contributed by atoms with Crippen LogP contribution in [0.2, 0.25) is 0 Å². The predicted octanol–water partition coefficient (Wildman–Crippen LogP) is 2.78. The van der Waals surface area contributed by atoms with E-state index in [1.807, 2.05) is 25.1 Å². The molecule has 0 saturated carbocycles. The molecule has 0 aliphatic heterocycles. The van der Waals surface area contributed by atoms with Crippen LogP contribution in [-0.4, -0.2) is 39.9 Å². The van der Waals surface area contributed by atoms with Crippen LogP contribution in [0, 0.1) is 0 Å². The van der Waals surface area contributed by atoms with Gasteiger partial charge in [-0.2, -0.15) is 0 Å². The smallest absolute Gasteiger partial charge is 0.191 e. The summed E-state index contributed by atoms with van der Waals surface area (Å²) in [6, 6.07) is 6.11. The normalized spacial score (nSPS) is 12.3. The Morgan fingerprint density at radius 1 is 1.38 bits per heavy atom. The number of halogens is 2. The number of hydrogen-bond acceptors (Lipinski definition) is 3. The molecule has 0 fully saturated rings. The molecule has 5 nitrogen and oxygen atoms in total. The summed E-state index contributed by atoms with van der Waals surface area (Å²) < 4.78 is 11.5. The van der Waals surface area contributed by atoms with Crippen molar-refractivity contribution in [3.63, 3.8) is 0 Å². The van der Waals surface area contributed by atoms with Gasteiger partial charge in [-0.3, -0.25) is 4.99 Å². The van der Waals surface area contributed by atoms with E-state index in [-0.39, 0.29) is 30.0 Å². The highest BCUT2D eigenvalue weighted by Crippen LogP contribution is 2.22. The van der Waals surface area contributed by atoms with Crippen molar-refractivity contribution in [2.24, 2.45) is 4.99 Å². The molecule has 0 heterocycles. The van der Waals surface area contributed by atoms with Gasteiger partial charge in [-0.25, -0.2) is 0 Å². The first kappa shape index (κ1) is 20.5. The first-order chi connectivity index (χ1) is 9.60. The second-order valence-electron chi connectivity index (χ2n) is 4.38. The van der Waals surface area contributed by atoms with Gasteiger partial charge in [-0.1, -0.05) is 15.9 Å². The largest absolute Gasteiger partial charge is 0.496 e. The lowest BCUT2D eigenvalue weighted by Crippen LogP contribution is -2.43. The third kappa shape index (κ3) is 7.32. The van der Waals surface area contributed by atoms with Gasteiger partial charge in [0.05, 0.1) is 13.7 Å². The topological polar surface area (TPSA) is 54.9 Å². The monoisotopic (exact) mass is 471 g/mol. The number of hydrogen-bond donors (Lipinski definition) is 2. The van der Waals surface area contributed by atoms with Gasteiger partial charge in [0, 0.05) is 36.8 Å². The molecule has 0 amide bonds. The molecular formula is C14H23BrIN3O2. The van der Waals surface area contributed by atoms with E-state index in [1.165, 1.54) is 0 Å². The van der Waals surface area contributed by atoms with Gasteiger partial charge in [0.15, 0.2) is 5.96 Å². The number of methoxy groups -OCH3 is 2. The Hall–Kier alpha value is -0.540. The zero-order chi connectivity index (χ0) is 15.0. The second kappa shape index (κ2) is 11.1. The molecule has 2 N–H and O–H groups in total. The highest BCUT2D eigenvalue weighted by Gasteiger charge is 2.07. The number of nitrogens with one attached hydrogen (secondary N) is 2. The molecule has 0 aromatic heterocycles. The minimum absolute atomic E-state index is 0. The SMILES string of the molecule is CN=C(NCc1cc(Br)ccc1OC)NC(C)COC.I. The average molecular weight is 472 g/mol. The fraction of sp³-hybridized carbons (Fsp3) is 0.500. The molecule has 7 heteroatoms. The summed E-state index contributed by atoms with van der Waals surface area (Å²) in [5.41, 5.74) is 1.06. The minimum Gasteiger partial charge on any atom is -0.496 e. The first-order valence-electron chi connectivity index (χ1n) is 6.39. The van der Waals surface area contributed by atoms with E-state index >= 15 is 0 Å². The van der Waals surface area contributed by atoms with Crippen LogP contribution in [0.25, 0.3) is 0 Å². The molecule has 1 rings (SSSR count). The first-order valence-corrected chi connectivity index (χ1v) is 7.18. The lowest BCUT2D eigenvalue weighted by atomic mass is 10.2. The van der Waals surface area contributed by atoms with Crippen LogP contribution in [0.5, 0.6) is 5.75 Å². The van der Waals surface area contributed by atoms with E-state index in [1.54, 1.807) is 21.3 Å². The Balaban J connectivity index is 0.00000400. The third-order valence-corrected chi connectivity index (χ3v) is 3.21. The van der Waals surface area contributed by atoms with Gasteiger partial charge in [0.25, 0.3) is 0 Å². The Morgan fingerprint density at radius 3 is 2.67 bits per heavy atom. The third-order valence-electron chi connectivity index (χ3n) is 2.71.